The van der Waals surface area contributed by atoms with Gasteiger partial charge in [0.05, 0.1) is 6.54 Å². The van der Waals surface area contributed by atoms with Crippen molar-refractivity contribution in [3.63, 3.8) is 0 Å². The molecule has 2 rings (SSSR count). The first-order valence-electron chi connectivity index (χ1n) is 5.52. The van der Waals surface area contributed by atoms with Crippen molar-refractivity contribution in [3.05, 3.63) is 22.4 Å². The van der Waals surface area contributed by atoms with Gasteiger partial charge in [0.1, 0.15) is 17.9 Å². The van der Waals surface area contributed by atoms with Crippen LogP contribution in [-0.4, -0.2) is 25.7 Å². The second kappa shape index (κ2) is 5.58. The molecule has 2 aromatic heterocycles. The van der Waals surface area contributed by atoms with Gasteiger partial charge < -0.3 is 11.1 Å². The van der Waals surface area contributed by atoms with Gasteiger partial charge in [-0.3, -0.25) is 4.79 Å². The van der Waals surface area contributed by atoms with E-state index >= 15 is 0 Å². The number of carbonyl (C=O) groups is 1. The van der Waals surface area contributed by atoms with E-state index in [4.69, 9.17) is 5.73 Å². The molecule has 18 heavy (non-hydrogen) atoms. The van der Waals surface area contributed by atoms with Crippen molar-refractivity contribution in [2.24, 2.45) is 0 Å². The van der Waals surface area contributed by atoms with E-state index in [9.17, 15) is 4.79 Å². The summed E-state index contributed by atoms with van der Waals surface area (Å²) >= 11 is 1.60. The number of anilines is 1. The maximum atomic E-state index is 11.6. The third-order valence-corrected chi connectivity index (χ3v) is 3.39. The number of carbonyl (C=O) groups excluding carboxylic acids is 1. The molecule has 0 unspecified atom stereocenters. The third-order valence-electron chi connectivity index (χ3n) is 2.25. The van der Waals surface area contributed by atoms with E-state index in [2.05, 4.69) is 27.3 Å². The lowest BCUT2D eigenvalue weighted by molar-refractivity contribution is -0.122. The summed E-state index contributed by atoms with van der Waals surface area (Å²) in [5.74, 6) is 0.0171. The fourth-order valence-electron chi connectivity index (χ4n) is 1.36. The van der Waals surface area contributed by atoms with Gasteiger partial charge in [-0.2, -0.15) is 0 Å². The highest BCUT2D eigenvalue weighted by atomic mass is 32.1. The molecule has 0 saturated heterocycles. The molecule has 2 heterocycles. The van der Waals surface area contributed by atoms with Crippen molar-refractivity contribution >= 4 is 23.2 Å². The van der Waals surface area contributed by atoms with Crippen LogP contribution in [0.25, 0.3) is 0 Å². The zero-order valence-electron chi connectivity index (χ0n) is 9.96. The number of aromatic nitrogens is 4. The highest BCUT2D eigenvalue weighted by Crippen LogP contribution is 2.12. The molecule has 3 N–H and O–H groups in total. The Hall–Kier alpha value is -1.96. The minimum absolute atomic E-state index is 0.107. The lowest BCUT2D eigenvalue weighted by Gasteiger charge is -2.02. The van der Waals surface area contributed by atoms with Gasteiger partial charge in [0, 0.05) is 11.1 Å². The van der Waals surface area contributed by atoms with Gasteiger partial charge >= 0.3 is 0 Å². The van der Waals surface area contributed by atoms with E-state index < -0.39 is 0 Å². The number of amides is 1. The number of nitrogens with one attached hydrogen (secondary N) is 1. The summed E-state index contributed by atoms with van der Waals surface area (Å²) in [7, 11) is 0. The zero-order chi connectivity index (χ0) is 13.0. The van der Waals surface area contributed by atoms with Gasteiger partial charge in [0.2, 0.25) is 11.9 Å². The SMILES string of the molecule is CCc1cnc(CNC(=O)Cn2cnc(N)n2)s1. The summed E-state index contributed by atoms with van der Waals surface area (Å²) in [6.45, 7) is 2.62. The Balaban J connectivity index is 1.81. The van der Waals surface area contributed by atoms with Gasteiger partial charge in [-0.15, -0.1) is 16.4 Å². The zero-order valence-corrected chi connectivity index (χ0v) is 10.8. The first-order valence-corrected chi connectivity index (χ1v) is 6.34. The lowest BCUT2D eigenvalue weighted by Crippen LogP contribution is -2.27. The largest absolute Gasteiger partial charge is 0.367 e. The molecule has 0 bridgehead atoms. The molecule has 2 aromatic rings. The molecule has 8 heteroatoms. The molecule has 96 valence electrons. The Morgan fingerprint density at radius 1 is 1.56 bits per heavy atom. The second-order valence-corrected chi connectivity index (χ2v) is 4.85. The molecule has 0 atom stereocenters. The van der Waals surface area contributed by atoms with Crippen LogP contribution in [0.3, 0.4) is 0 Å². The van der Waals surface area contributed by atoms with Gasteiger partial charge in [-0.05, 0) is 6.42 Å². The van der Waals surface area contributed by atoms with Crippen molar-refractivity contribution in [2.45, 2.75) is 26.4 Å². The normalized spacial score (nSPS) is 10.5. The van der Waals surface area contributed by atoms with Gasteiger partial charge in [-0.1, -0.05) is 6.92 Å². The van der Waals surface area contributed by atoms with Crippen LogP contribution in [-0.2, 0) is 24.3 Å². The number of hydrogen-bond acceptors (Lipinski definition) is 6. The van der Waals surface area contributed by atoms with E-state index in [0.717, 1.165) is 11.4 Å². The maximum absolute atomic E-state index is 11.6. The average molecular weight is 266 g/mol. The molecule has 0 aromatic carbocycles. The molecule has 7 nitrogen and oxygen atoms in total. The number of rotatable bonds is 5. The Bertz CT molecular complexity index is 534. The molecular formula is C10H14N6OS. The molecule has 0 aliphatic carbocycles. The van der Waals surface area contributed by atoms with E-state index in [1.165, 1.54) is 15.9 Å². The van der Waals surface area contributed by atoms with Crippen LogP contribution >= 0.6 is 11.3 Å². The van der Waals surface area contributed by atoms with E-state index in [-0.39, 0.29) is 18.4 Å². The molecule has 0 spiro atoms. The van der Waals surface area contributed by atoms with Crippen molar-refractivity contribution < 1.29 is 4.79 Å². The van der Waals surface area contributed by atoms with Gasteiger partial charge in [0.15, 0.2) is 0 Å². The molecule has 0 aliphatic heterocycles. The minimum Gasteiger partial charge on any atom is -0.367 e. The minimum atomic E-state index is -0.145. The quantitative estimate of drug-likeness (QED) is 0.805. The molecule has 0 radical (unpaired) electrons. The molecule has 0 saturated carbocycles. The summed E-state index contributed by atoms with van der Waals surface area (Å²) < 4.78 is 1.39. The fraction of sp³-hybridized carbons (Fsp3) is 0.400. The van der Waals surface area contributed by atoms with Crippen LogP contribution in [0.15, 0.2) is 12.5 Å². The Kier molecular flexibility index (Phi) is 3.88. The highest BCUT2D eigenvalue weighted by Gasteiger charge is 2.06. The number of hydrogen-bond donors (Lipinski definition) is 2. The first kappa shape index (κ1) is 12.5. The Labute approximate surface area is 108 Å². The van der Waals surface area contributed by atoms with Crippen LogP contribution in [0, 0.1) is 0 Å². The van der Waals surface area contributed by atoms with Crippen LogP contribution in [0.5, 0.6) is 0 Å². The second-order valence-electron chi connectivity index (χ2n) is 3.65. The number of aryl methyl sites for hydroxylation is 1. The Morgan fingerprint density at radius 2 is 2.39 bits per heavy atom. The van der Waals surface area contributed by atoms with Crippen LogP contribution < -0.4 is 11.1 Å². The predicted octanol–water partition coefficient (Wildman–Crippen LogP) is 0.196. The monoisotopic (exact) mass is 266 g/mol. The Morgan fingerprint density at radius 3 is 3.00 bits per heavy atom. The smallest absolute Gasteiger partial charge is 0.242 e. The van der Waals surface area contributed by atoms with Crippen LogP contribution in [0.2, 0.25) is 0 Å². The van der Waals surface area contributed by atoms with Crippen LogP contribution in [0.4, 0.5) is 5.95 Å². The highest BCUT2D eigenvalue weighted by molar-refractivity contribution is 7.11. The average Bonchev–Trinajstić information content (AvgIpc) is 2.95. The summed E-state index contributed by atoms with van der Waals surface area (Å²) in [5.41, 5.74) is 5.35. The van der Waals surface area contributed by atoms with E-state index in [0.29, 0.717) is 6.54 Å². The van der Waals surface area contributed by atoms with Crippen molar-refractivity contribution in [1.82, 2.24) is 25.1 Å². The topological polar surface area (TPSA) is 98.7 Å². The number of nitrogen functional groups attached to an aromatic ring is 1. The van der Waals surface area contributed by atoms with Crippen LogP contribution in [0.1, 0.15) is 16.8 Å². The number of nitrogens with zero attached hydrogens (tertiary/aromatic N) is 4. The van der Waals surface area contributed by atoms with Gasteiger partial charge in [0.25, 0.3) is 0 Å². The third kappa shape index (κ3) is 3.27. The maximum Gasteiger partial charge on any atom is 0.242 e. The molecule has 1 amide bonds. The lowest BCUT2D eigenvalue weighted by atomic mass is 10.4. The van der Waals surface area contributed by atoms with Crippen molar-refractivity contribution in [3.8, 4) is 0 Å². The first-order chi connectivity index (χ1) is 8.67. The van der Waals surface area contributed by atoms with Crippen molar-refractivity contribution in [2.75, 3.05) is 5.73 Å². The summed E-state index contributed by atoms with van der Waals surface area (Å²) in [6.07, 6.45) is 4.22. The molecule has 0 fully saturated rings. The number of thiazole rings is 1. The summed E-state index contributed by atoms with van der Waals surface area (Å²) in [6, 6.07) is 0. The van der Waals surface area contributed by atoms with E-state index in [1.54, 1.807) is 11.3 Å². The van der Waals surface area contributed by atoms with E-state index in [1.807, 2.05) is 6.20 Å². The number of nitrogens with two attached hydrogens (primary N) is 1. The van der Waals surface area contributed by atoms with Crippen molar-refractivity contribution in [1.29, 1.82) is 0 Å². The fourth-order valence-corrected chi connectivity index (χ4v) is 2.16. The molecule has 0 aliphatic rings. The summed E-state index contributed by atoms with van der Waals surface area (Å²) in [5, 5.41) is 7.51. The molecular weight excluding hydrogens is 252 g/mol. The standard InChI is InChI=1S/C10H14N6OS/c1-2-7-3-13-9(18-7)4-12-8(17)5-16-6-14-10(11)15-16/h3,6H,2,4-5H2,1H3,(H2,11,15)(H,12,17). The summed E-state index contributed by atoms with van der Waals surface area (Å²) in [4.78, 5) is 20.8. The van der Waals surface area contributed by atoms with Gasteiger partial charge in [-0.25, -0.2) is 14.6 Å². The predicted molar refractivity (Wildman–Crippen MR) is 67.8 cm³/mol.